The van der Waals surface area contributed by atoms with E-state index in [1.807, 2.05) is 0 Å². The maximum absolute atomic E-state index is 12.0. The molecule has 5 N–H and O–H groups in total. The highest BCUT2D eigenvalue weighted by molar-refractivity contribution is 5.98. The van der Waals surface area contributed by atoms with Crippen LogP contribution in [-0.4, -0.2) is 35.4 Å². The van der Waals surface area contributed by atoms with Gasteiger partial charge in [0.05, 0.1) is 18.0 Å². The number of hydrogen-bond acceptors (Lipinski definition) is 5. The summed E-state index contributed by atoms with van der Waals surface area (Å²) in [5, 5.41) is 14.1. The lowest BCUT2D eigenvalue weighted by atomic mass is 10.2. The number of amides is 2. The van der Waals surface area contributed by atoms with Gasteiger partial charge in [0.25, 0.3) is 0 Å². The molecule has 1 aromatic rings. The van der Waals surface area contributed by atoms with Crippen molar-refractivity contribution in [2.75, 3.05) is 17.7 Å². The molecular weight excluding hydrogens is 274 g/mol. The van der Waals surface area contributed by atoms with E-state index >= 15 is 0 Å². The molecule has 0 saturated carbocycles. The Hall–Kier alpha value is -2.28. The van der Waals surface area contributed by atoms with Crippen molar-refractivity contribution in [1.82, 2.24) is 5.32 Å². The van der Waals surface area contributed by atoms with Crippen LogP contribution < -0.4 is 16.4 Å². The van der Waals surface area contributed by atoms with Crippen molar-refractivity contribution in [3.05, 3.63) is 24.3 Å². The number of anilines is 2. The fourth-order valence-electron chi connectivity index (χ4n) is 1.47. The number of benzene rings is 1. The summed E-state index contributed by atoms with van der Waals surface area (Å²) in [7, 11) is 0. The average Bonchev–Trinajstić information content (AvgIpc) is 2.36. The van der Waals surface area contributed by atoms with E-state index in [0.717, 1.165) is 0 Å². The second-order valence-electron chi connectivity index (χ2n) is 5.46. The number of nitrogen functional groups attached to an aromatic ring is 1. The van der Waals surface area contributed by atoms with E-state index in [9.17, 15) is 14.7 Å². The number of hydrogen-bond donors (Lipinski definition) is 4. The standard InChI is InChI=1S/C14H21N3O4/c1-14(2,3)21-13(20)17-11(8-18)12(19)16-10-7-5-4-6-9(10)15/h4-7,11,18H,8,15H2,1-3H3,(H,16,19)(H,17,20)/t11-/m0/s1. The Balaban J connectivity index is 2.66. The molecular formula is C14H21N3O4. The fraction of sp³-hybridized carbons (Fsp3) is 0.429. The minimum absolute atomic E-state index is 0.389. The molecule has 7 heteroatoms. The smallest absolute Gasteiger partial charge is 0.408 e. The highest BCUT2D eigenvalue weighted by Crippen LogP contribution is 2.16. The minimum atomic E-state index is -1.13. The quantitative estimate of drug-likeness (QED) is 0.621. The molecule has 0 unspecified atom stereocenters. The number of nitrogens with one attached hydrogen (secondary N) is 2. The van der Waals surface area contributed by atoms with E-state index in [2.05, 4.69) is 10.6 Å². The van der Waals surface area contributed by atoms with Gasteiger partial charge in [-0.1, -0.05) is 12.1 Å². The van der Waals surface area contributed by atoms with Crippen LogP contribution >= 0.6 is 0 Å². The molecule has 0 bridgehead atoms. The Morgan fingerprint density at radius 3 is 2.48 bits per heavy atom. The predicted octanol–water partition coefficient (Wildman–Crippen LogP) is 1.09. The van der Waals surface area contributed by atoms with Gasteiger partial charge in [-0.05, 0) is 32.9 Å². The second kappa shape index (κ2) is 6.94. The maximum Gasteiger partial charge on any atom is 0.408 e. The maximum atomic E-state index is 12.0. The molecule has 0 spiro atoms. The third-order valence-corrected chi connectivity index (χ3v) is 2.41. The Labute approximate surface area is 123 Å². The summed E-state index contributed by atoms with van der Waals surface area (Å²) in [4.78, 5) is 23.6. The molecule has 1 rings (SSSR count). The van der Waals surface area contributed by atoms with Crippen LogP contribution in [0.1, 0.15) is 20.8 Å². The molecule has 0 heterocycles. The number of aliphatic hydroxyl groups is 1. The summed E-state index contributed by atoms with van der Waals surface area (Å²) in [6.07, 6.45) is -0.780. The monoisotopic (exact) mass is 295 g/mol. The minimum Gasteiger partial charge on any atom is -0.444 e. The van der Waals surface area contributed by atoms with E-state index in [-0.39, 0.29) is 0 Å². The highest BCUT2D eigenvalue weighted by atomic mass is 16.6. The predicted molar refractivity (Wildman–Crippen MR) is 79.7 cm³/mol. The summed E-state index contributed by atoms with van der Waals surface area (Å²) < 4.78 is 5.03. The lowest BCUT2D eigenvalue weighted by Crippen LogP contribution is -2.47. The van der Waals surface area contributed by atoms with Crippen molar-refractivity contribution in [2.45, 2.75) is 32.4 Å². The number of carbonyl (C=O) groups is 2. The van der Waals surface area contributed by atoms with E-state index in [1.54, 1.807) is 45.0 Å². The summed E-state index contributed by atoms with van der Waals surface area (Å²) in [6.45, 7) is 4.54. The first kappa shape index (κ1) is 16.8. The second-order valence-corrected chi connectivity index (χ2v) is 5.46. The lowest BCUT2D eigenvalue weighted by molar-refractivity contribution is -0.119. The summed E-state index contributed by atoms with van der Waals surface area (Å²) in [5.74, 6) is -0.582. The van der Waals surface area contributed by atoms with Crippen molar-refractivity contribution in [3.8, 4) is 0 Å². The summed E-state index contributed by atoms with van der Waals surface area (Å²) in [5.41, 5.74) is 5.81. The zero-order valence-corrected chi connectivity index (χ0v) is 12.3. The van der Waals surface area contributed by atoms with Crippen molar-refractivity contribution in [3.63, 3.8) is 0 Å². The largest absolute Gasteiger partial charge is 0.444 e. The van der Waals surface area contributed by atoms with E-state index in [4.69, 9.17) is 10.5 Å². The molecule has 7 nitrogen and oxygen atoms in total. The van der Waals surface area contributed by atoms with E-state index in [0.29, 0.717) is 11.4 Å². The molecule has 0 fully saturated rings. The van der Waals surface area contributed by atoms with Gasteiger partial charge < -0.3 is 26.2 Å². The van der Waals surface area contributed by atoms with Crippen LogP contribution in [0.25, 0.3) is 0 Å². The van der Waals surface area contributed by atoms with Crippen LogP contribution in [-0.2, 0) is 9.53 Å². The molecule has 0 radical (unpaired) electrons. The molecule has 0 aliphatic carbocycles. The van der Waals surface area contributed by atoms with Crippen molar-refractivity contribution in [2.24, 2.45) is 0 Å². The van der Waals surface area contributed by atoms with Crippen LogP contribution in [0.3, 0.4) is 0 Å². The first-order valence-corrected chi connectivity index (χ1v) is 6.48. The molecule has 2 amide bonds. The molecule has 116 valence electrons. The Morgan fingerprint density at radius 1 is 1.33 bits per heavy atom. The topological polar surface area (TPSA) is 114 Å². The van der Waals surface area contributed by atoms with Gasteiger partial charge in [-0.2, -0.15) is 0 Å². The summed E-state index contributed by atoms with van der Waals surface area (Å²) >= 11 is 0. The normalized spacial score (nSPS) is 12.4. The van der Waals surface area contributed by atoms with Crippen LogP contribution in [0.2, 0.25) is 0 Å². The molecule has 0 saturated heterocycles. The molecule has 21 heavy (non-hydrogen) atoms. The van der Waals surface area contributed by atoms with Gasteiger partial charge in [0.15, 0.2) is 0 Å². The molecule has 0 aromatic heterocycles. The van der Waals surface area contributed by atoms with E-state index in [1.165, 1.54) is 0 Å². The molecule has 1 atom stereocenters. The zero-order chi connectivity index (χ0) is 16.0. The third-order valence-electron chi connectivity index (χ3n) is 2.41. The lowest BCUT2D eigenvalue weighted by Gasteiger charge is -2.22. The Morgan fingerprint density at radius 2 is 1.95 bits per heavy atom. The van der Waals surface area contributed by atoms with Crippen molar-refractivity contribution in [1.29, 1.82) is 0 Å². The SMILES string of the molecule is CC(C)(C)OC(=O)N[C@@H](CO)C(=O)Nc1ccccc1N. The zero-order valence-electron chi connectivity index (χ0n) is 12.3. The summed E-state index contributed by atoms with van der Waals surface area (Å²) in [6, 6.07) is 5.56. The molecule has 0 aliphatic rings. The number of para-hydroxylation sites is 2. The highest BCUT2D eigenvalue weighted by Gasteiger charge is 2.24. The number of nitrogens with two attached hydrogens (primary N) is 1. The number of alkyl carbamates (subject to hydrolysis) is 1. The molecule has 0 aliphatic heterocycles. The van der Waals surface area contributed by atoms with Crippen molar-refractivity contribution >= 4 is 23.4 Å². The van der Waals surface area contributed by atoms with Crippen LogP contribution in [0.5, 0.6) is 0 Å². The van der Waals surface area contributed by atoms with Crippen LogP contribution in [0.15, 0.2) is 24.3 Å². The van der Waals surface area contributed by atoms with Gasteiger partial charge in [0.2, 0.25) is 5.91 Å². The van der Waals surface area contributed by atoms with Gasteiger partial charge in [0, 0.05) is 0 Å². The number of aliphatic hydroxyl groups excluding tert-OH is 1. The van der Waals surface area contributed by atoms with Gasteiger partial charge in [-0.25, -0.2) is 4.79 Å². The fourth-order valence-corrected chi connectivity index (χ4v) is 1.47. The van der Waals surface area contributed by atoms with Crippen LogP contribution in [0, 0.1) is 0 Å². The third kappa shape index (κ3) is 5.70. The van der Waals surface area contributed by atoms with Gasteiger partial charge in [-0.3, -0.25) is 4.79 Å². The van der Waals surface area contributed by atoms with Gasteiger partial charge in [0.1, 0.15) is 11.6 Å². The van der Waals surface area contributed by atoms with E-state index < -0.39 is 30.3 Å². The first-order chi connectivity index (χ1) is 9.73. The number of rotatable bonds is 4. The number of carbonyl (C=O) groups excluding carboxylic acids is 2. The van der Waals surface area contributed by atoms with Crippen LogP contribution in [0.4, 0.5) is 16.2 Å². The van der Waals surface area contributed by atoms with Crippen molar-refractivity contribution < 1.29 is 19.4 Å². The Bertz CT molecular complexity index is 511. The first-order valence-electron chi connectivity index (χ1n) is 6.48. The molecule has 1 aromatic carbocycles. The number of ether oxygens (including phenoxy) is 1. The van der Waals surface area contributed by atoms with Gasteiger partial charge in [-0.15, -0.1) is 0 Å². The average molecular weight is 295 g/mol. The Kier molecular flexibility index (Phi) is 5.54. The van der Waals surface area contributed by atoms with Gasteiger partial charge >= 0.3 is 6.09 Å².